The number of nitrogens with two attached hydrogens (primary N) is 1. The molecule has 0 aliphatic rings. The fourth-order valence-electron chi connectivity index (χ4n) is 1.59. The minimum Gasteiger partial charge on any atom is -0.327 e. The van der Waals surface area contributed by atoms with Gasteiger partial charge in [-0.15, -0.1) is 0 Å². The molecule has 0 saturated carbocycles. The zero-order valence-electron chi connectivity index (χ0n) is 9.95. The van der Waals surface area contributed by atoms with Crippen LogP contribution in [-0.4, -0.2) is 16.0 Å². The molecule has 0 aliphatic carbocycles. The van der Waals surface area contributed by atoms with Crippen molar-refractivity contribution in [3.8, 4) is 0 Å². The predicted octanol–water partition coefficient (Wildman–Crippen LogP) is 3.31. The summed E-state index contributed by atoms with van der Waals surface area (Å²) in [6.07, 6.45) is 3.46. The molecule has 2 N–H and O–H groups in total. The normalized spacial score (nSPS) is 14.2. The molecule has 2 rings (SSSR count). The highest BCUT2D eigenvalue weighted by Gasteiger charge is 2.18. The van der Waals surface area contributed by atoms with Crippen LogP contribution in [0.25, 0.3) is 0 Å². The monoisotopic (exact) mass is 279 g/mol. The zero-order valence-corrected chi connectivity index (χ0v) is 11.5. The van der Waals surface area contributed by atoms with Gasteiger partial charge in [0.15, 0.2) is 5.16 Å². The molecule has 94 valence electrons. The van der Waals surface area contributed by atoms with Crippen LogP contribution in [0, 0.1) is 0 Å². The highest BCUT2D eigenvalue weighted by molar-refractivity contribution is 7.99. The van der Waals surface area contributed by atoms with Crippen LogP contribution in [-0.2, 0) is 0 Å². The number of hydrogen-bond acceptors (Lipinski definition) is 4. The summed E-state index contributed by atoms with van der Waals surface area (Å²) in [6, 6.07) is 9.53. The van der Waals surface area contributed by atoms with Crippen LogP contribution in [0.4, 0.5) is 0 Å². The summed E-state index contributed by atoms with van der Waals surface area (Å²) in [5.74, 6) is 0. The molecule has 0 spiro atoms. The first kappa shape index (κ1) is 13.3. The molecule has 0 aliphatic heterocycles. The maximum absolute atomic E-state index is 6.05. The van der Waals surface area contributed by atoms with Crippen LogP contribution in [0.5, 0.6) is 0 Å². The summed E-state index contributed by atoms with van der Waals surface area (Å²) in [5, 5.41) is 1.57. The first-order valence-electron chi connectivity index (χ1n) is 5.61. The molecule has 1 heterocycles. The van der Waals surface area contributed by atoms with Gasteiger partial charge in [-0.3, -0.25) is 0 Å². The molecule has 2 atom stereocenters. The number of thioether (sulfide) groups is 1. The number of hydrogen-bond donors (Lipinski definition) is 1. The van der Waals surface area contributed by atoms with E-state index in [0.717, 1.165) is 15.7 Å². The lowest BCUT2D eigenvalue weighted by atomic mass is 10.1. The summed E-state index contributed by atoms with van der Waals surface area (Å²) < 4.78 is 0. The van der Waals surface area contributed by atoms with Crippen molar-refractivity contribution in [2.45, 2.75) is 23.4 Å². The highest BCUT2D eigenvalue weighted by atomic mass is 35.5. The fraction of sp³-hybridized carbons (Fsp3) is 0.231. The molecule has 1 aromatic heterocycles. The average molecular weight is 280 g/mol. The summed E-state index contributed by atoms with van der Waals surface area (Å²) in [5.41, 5.74) is 7.18. The molecule has 0 radical (unpaired) electrons. The van der Waals surface area contributed by atoms with E-state index in [4.69, 9.17) is 17.3 Å². The van der Waals surface area contributed by atoms with E-state index in [1.54, 1.807) is 30.2 Å². The lowest BCUT2D eigenvalue weighted by Crippen LogP contribution is -2.22. The van der Waals surface area contributed by atoms with Crippen LogP contribution in [0.15, 0.2) is 47.9 Å². The summed E-state index contributed by atoms with van der Waals surface area (Å²) in [7, 11) is 0. The second-order valence-electron chi connectivity index (χ2n) is 3.98. The van der Waals surface area contributed by atoms with Crippen LogP contribution in [0.2, 0.25) is 5.02 Å². The van der Waals surface area contributed by atoms with Crippen molar-refractivity contribution >= 4 is 23.4 Å². The summed E-state index contributed by atoms with van der Waals surface area (Å²) >= 11 is 7.46. The Labute approximate surface area is 116 Å². The van der Waals surface area contributed by atoms with Crippen molar-refractivity contribution in [1.29, 1.82) is 0 Å². The van der Waals surface area contributed by atoms with E-state index in [1.165, 1.54) is 0 Å². The molecule has 18 heavy (non-hydrogen) atoms. The third-order valence-electron chi connectivity index (χ3n) is 2.45. The molecule has 2 unspecified atom stereocenters. The van der Waals surface area contributed by atoms with Crippen LogP contribution < -0.4 is 5.73 Å². The third-order valence-corrected chi connectivity index (χ3v) is 4.08. The predicted molar refractivity (Wildman–Crippen MR) is 75.7 cm³/mol. The van der Waals surface area contributed by atoms with E-state index in [2.05, 4.69) is 9.97 Å². The van der Waals surface area contributed by atoms with Crippen LogP contribution >= 0.6 is 23.4 Å². The molecule has 2 aromatic rings. The molecular weight excluding hydrogens is 266 g/mol. The molecule has 0 fully saturated rings. The van der Waals surface area contributed by atoms with Crippen LogP contribution in [0.3, 0.4) is 0 Å². The molecule has 0 bridgehead atoms. The SMILES string of the molecule is CC(N)C(Sc1ncccn1)c1ccc(Cl)cc1. The first-order valence-corrected chi connectivity index (χ1v) is 6.87. The smallest absolute Gasteiger partial charge is 0.188 e. The van der Waals surface area contributed by atoms with E-state index >= 15 is 0 Å². The number of rotatable bonds is 4. The Morgan fingerprint density at radius 2 is 1.78 bits per heavy atom. The molecule has 3 nitrogen and oxygen atoms in total. The van der Waals surface area contributed by atoms with E-state index in [9.17, 15) is 0 Å². The van der Waals surface area contributed by atoms with Gasteiger partial charge in [-0.2, -0.15) is 0 Å². The standard InChI is InChI=1S/C13H14ClN3S/c1-9(15)12(10-3-5-11(14)6-4-10)18-13-16-7-2-8-17-13/h2-9,12H,15H2,1H3. The number of nitrogens with zero attached hydrogens (tertiary/aromatic N) is 2. The second-order valence-corrected chi connectivity index (χ2v) is 5.53. The molecule has 0 amide bonds. The molecule has 1 aromatic carbocycles. The Bertz CT molecular complexity index is 487. The van der Waals surface area contributed by atoms with Gasteiger partial charge >= 0.3 is 0 Å². The average Bonchev–Trinajstić information content (AvgIpc) is 2.38. The van der Waals surface area contributed by atoms with Gasteiger partial charge in [0, 0.05) is 23.5 Å². The second kappa shape index (κ2) is 6.18. The van der Waals surface area contributed by atoms with E-state index in [0.29, 0.717) is 0 Å². The number of aromatic nitrogens is 2. The molecule has 5 heteroatoms. The largest absolute Gasteiger partial charge is 0.327 e. The molecule has 0 saturated heterocycles. The Hall–Kier alpha value is -1.10. The topological polar surface area (TPSA) is 51.8 Å². The fourth-order valence-corrected chi connectivity index (χ4v) is 2.70. The highest BCUT2D eigenvalue weighted by Crippen LogP contribution is 2.35. The maximum Gasteiger partial charge on any atom is 0.188 e. The van der Waals surface area contributed by atoms with Gasteiger partial charge in [0.25, 0.3) is 0 Å². The van der Waals surface area contributed by atoms with Gasteiger partial charge in [0.2, 0.25) is 0 Å². The van der Waals surface area contributed by atoms with E-state index in [1.807, 2.05) is 31.2 Å². The Morgan fingerprint density at radius 1 is 1.17 bits per heavy atom. The minimum absolute atomic E-state index is 0.0000170. The number of halogens is 1. The van der Waals surface area contributed by atoms with Gasteiger partial charge in [-0.05, 0) is 30.7 Å². The maximum atomic E-state index is 6.05. The van der Waals surface area contributed by atoms with Crippen molar-refractivity contribution in [2.24, 2.45) is 5.73 Å². The Kier molecular flexibility index (Phi) is 4.58. The summed E-state index contributed by atoms with van der Waals surface area (Å²) in [4.78, 5) is 8.43. The van der Waals surface area contributed by atoms with Gasteiger partial charge < -0.3 is 5.73 Å². The van der Waals surface area contributed by atoms with Crippen molar-refractivity contribution in [3.05, 3.63) is 53.3 Å². The lowest BCUT2D eigenvalue weighted by Gasteiger charge is -2.19. The lowest BCUT2D eigenvalue weighted by molar-refractivity contribution is 0.718. The Balaban J connectivity index is 2.21. The van der Waals surface area contributed by atoms with Crippen molar-refractivity contribution < 1.29 is 0 Å². The van der Waals surface area contributed by atoms with Crippen LogP contribution in [0.1, 0.15) is 17.7 Å². The third kappa shape index (κ3) is 3.45. The summed E-state index contributed by atoms with van der Waals surface area (Å²) in [6.45, 7) is 1.98. The van der Waals surface area contributed by atoms with Gasteiger partial charge in [-0.25, -0.2) is 9.97 Å². The number of benzene rings is 1. The van der Waals surface area contributed by atoms with Gasteiger partial charge in [0.05, 0.1) is 5.25 Å². The van der Waals surface area contributed by atoms with E-state index < -0.39 is 0 Å². The van der Waals surface area contributed by atoms with Gasteiger partial charge in [0.1, 0.15) is 0 Å². The zero-order chi connectivity index (χ0) is 13.0. The van der Waals surface area contributed by atoms with E-state index in [-0.39, 0.29) is 11.3 Å². The quantitative estimate of drug-likeness (QED) is 0.689. The van der Waals surface area contributed by atoms with Crippen molar-refractivity contribution in [2.75, 3.05) is 0 Å². The van der Waals surface area contributed by atoms with Crippen molar-refractivity contribution in [3.63, 3.8) is 0 Å². The first-order chi connectivity index (χ1) is 8.66. The molecular formula is C13H14ClN3S. The Morgan fingerprint density at radius 3 is 2.33 bits per heavy atom. The minimum atomic E-state index is -0.0000170. The van der Waals surface area contributed by atoms with Crippen molar-refractivity contribution in [1.82, 2.24) is 9.97 Å². The van der Waals surface area contributed by atoms with Gasteiger partial charge in [-0.1, -0.05) is 35.5 Å².